The minimum atomic E-state index is -0.919. The molecule has 1 N–H and O–H groups in total. The Labute approximate surface area is 141 Å². The molecule has 1 aromatic rings. The maximum atomic E-state index is 12.4. The molecule has 1 saturated heterocycles. The van der Waals surface area contributed by atoms with Gasteiger partial charge in [0.25, 0.3) is 0 Å². The maximum absolute atomic E-state index is 12.4. The predicted molar refractivity (Wildman–Crippen MR) is 89.0 cm³/mol. The monoisotopic (exact) mass is 333 g/mol. The Morgan fingerprint density at radius 1 is 1.42 bits per heavy atom. The van der Waals surface area contributed by atoms with Crippen molar-refractivity contribution in [2.75, 3.05) is 26.8 Å². The molecule has 1 fully saturated rings. The number of benzene rings is 1. The lowest BCUT2D eigenvalue weighted by molar-refractivity contribution is -0.145. The highest BCUT2D eigenvalue weighted by Gasteiger charge is 2.25. The van der Waals surface area contributed by atoms with E-state index in [1.54, 1.807) is 18.1 Å². The number of rotatable bonds is 6. The highest BCUT2D eigenvalue weighted by Crippen LogP contribution is 2.20. The molecule has 0 aliphatic carbocycles. The lowest BCUT2D eigenvalue weighted by atomic mass is 10.0. The van der Waals surface area contributed by atoms with Crippen LogP contribution in [0.5, 0.6) is 5.75 Å². The number of carbonyl (C=O) groups is 2. The highest BCUT2D eigenvalue weighted by atomic mass is 16.5. The van der Waals surface area contributed by atoms with Gasteiger partial charge in [0.2, 0.25) is 5.91 Å². The van der Waals surface area contributed by atoms with Crippen LogP contribution in [0.1, 0.15) is 18.9 Å². The number of carbonyl (C=O) groups excluding carboxylic acids is 1. The number of ether oxygens (including phenoxy) is 2. The van der Waals surface area contributed by atoms with Crippen molar-refractivity contribution in [1.29, 1.82) is 0 Å². The van der Waals surface area contributed by atoms with E-state index in [0.717, 1.165) is 16.9 Å². The van der Waals surface area contributed by atoms with Crippen molar-refractivity contribution in [3.05, 3.63) is 41.5 Å². The van der Waals surface area contributed by atoms with Crippen molar-refractivity contribution in [3.8, 4) is 5.75 Å². The Morgan fingerprint density at radius 3 is 2.88 bits per heavy atom. The van der Waals surface area contributed by atoms with Gasteiger partial charge in [-0.1, -0.05) is 23.8 Å². The number of methoxy groups -OCH3 is 1. The number of carboxylic acid groups (broad SMARTS) is 1. The first-order valence-electron chi connectivity index (χ1n) is 7.91. The number of aliphatic carboxylic acids is 1. The van der Waals surface area contributed by atoms with Crippen molar-refractivity contribution >= 4 is 11.9 Å². The summed E-state index contributed by atoms with van der Waals surface area (Å²) in [5.41, 5.74) is 1.94. The van der Waals surface area contributed by atoms with Gasteiger partial charge in [-0.15, -0.1) is 0 Å². The normalized spacial score (nSPS) is 18.3. The standard InChI is InChI=1S/C18H23NO5/c1-13(9-14-5-3-4-6-16(14)23-2)10-17(20)19-7-8-24-15(12-19)11-18(21)22/h3-6,10,15H,7-9,11-12H2,1-2H3,(H,21,22)/b13-10+. The van der Waals surface area contributed by atoms with Crippen LogP contribution < -0.4 is 4.74 Å². The maximum Gasteiger partial charge on any atom is 0.306 e. The van der Waals surface area contributed by atoms with Crippen LogP contribution in [0.25, 0.3) is 0 Å². The first-order valence-corrected chi connectivity index (χ1v) is 7.91. The molecule has 1 heterocycles. The van der Waals surface area contributed by atoms with E-state index in [1.165, 1.54) is 0 Å². The van der Waals surface area contributed by atoms with Gasteiger partial charge >= 0.3 is 5.97 Å². The van der Waals surface area contributed by atoms with Crippen LogP contribution in [0.4, 0.5) is 0 Å². The van der Waals surface area contributed by atoms with Crippen molar-refractivity contribution < 1.29 is 24.2 Å². The summed E-state index contributed by atoms with van der Waals surface area (Å²) in [5, 5.41) is 8.84. The summed E-state index contributed by atoms with van der Waals surface area (Å²) in [7, 11) is 1.62. The molecule has 0 bridgehead atoms. The second kappa shape index (κ2) is 8.49. The lowest BCUT2D eigenvalue weighted by Gasteiger charge is -2.31. The molecule has 0 radical (unpaired) electrons. The van der Waals surface area contributed by atoms with Crippen molar-refractivity contribution in [2.45, 2.75) is 25.9 Å². The average Bonchev–Trinajstić information content (AvgIpc) is 2.55. The summed E-state index contributed by atoms with van der Waals surface area (Å²) in [6.45, 7) is 3.06. The first kappa shape index (κ1) is 18.0. The molecule has 130 valence electrons. The molecule has 0 aromatic heterocycles. The lowest BCUT2D eigenvalue weighted by Crippen LogP contribution is -2.45. The smallest absolute Gasteiger partial charge is 0.306 e. The van der Waals surface area contributed by atoms with Gasteiger partial charge in [-0.3, -0.25) is 9.59 Å². The van der Waals surface area contributed by atoms with Gasteiger partial charge in [-0.05, 0) is 25.0 Å². The minimum absolute atomic E-state index is 0.0896. The zero-order valence-corrected chi connectivity index (χ0v) is 14.0. The minimum Gasteiger partial charge on any atom is -0.496 e. The van der Waals surface area contributed by atoms with E-state index in [2.05, 4.69) is 0 Å². The van der Waals surface area contributed by atoms with Crippen molar-refractivity contribution in [2.24, 2.45) is 0 Å². The summed E-state index contributed by atoms with van der Waals surface area (Å²) >= 11 is 0. The number of morpholine rings is 1. The number of hydrogen-bond acceptors (Lipinski definition) is 4. The molecule has 1 atom stereocenters. The molecular weight excluding hydrogens is 310 g/mol. The topological polar surface area (TPSA) is 76.1 Å². The Hall–Kier alpha value is -2.34. The number of carboxylic acids is 1. The third kappa shape index (κ3) is 5.09. The van der Waals surface area contributed by atoms with E-state index < -0.39 is 12.1 Å². The molecule has 1 amide bonds. The predicted octanol–water partition coefficient (Wildman–Crippen LogP) is 1.89. The average molecular weight is 333 g/mol. The van der Waals surface area contributed by atoms with Crippen LogP contribution in [0.2, 0.25) is 0 Å². The number of amides is 1. The SMILES string of the molecule is COc1ccccc1C/C(C)=C/C(=O)N1CCOC(CC(=O)O)C1. The van der Waals surface area contributed by atoms with E-state index in [-0.39, 0.29) is 12.3 Å². The molecule has 6 nitrogen and oxygen atoms in total. The van der Waals surface area contributed by atoms with Crippen LogP contribution in [0.3, 0.4) is 0 Å². The Balaban J connectivity index is 1.98. The van der Waals surface area contributed by atoms with Crippen LogP contribution in [-0.2, 0) is 20.7 Å². The third-order valence-corrected chi connectivity index (χ3v) is 3.88. The summed E-state index contributed by atoms with van der Waals surface area (Å²) in [6, 6.07) is 7.70. The molecule has 0 saturated carbocycles. The Kier molecular flexibility index (Phi) is 6.37. The van der Waals surface area contributed by atoms with Gasteiger partial charge in [-0.25, -0.2) is 0 Å². The van der Waals surface area contributed by atoms with Crippen LogP contribution in [0.15, 0.2) is 35.9 Å². The quantitative estimate of drug-likeness (QED) is 0.805. The summed E-state index contributed by atoms with van der Waals surface area (Å²) in [4.78, 5) is 24.8. The molecule has 6 heteroatoms. The van der Waals surface area contributed by atoms with E-state index in [4.69, 9.17) is 14.6 Å². The second-order valence-corrected chi connectivity index (χ2v) is 5.85. The van der Waals surface area contributed by atoms with Crippen LogP contribution in [-0.4, -0.2) is 54.8 Å². The molecule has 1 aliphatic rings. The van der Waals surface area contributed by atoms with Gasteiger partial charge < -0.3 is 19.5 Å². The van der Waals surface area contributed by atoms with E-state index in [9.17, 15) is 9.59 Å². The van der Waals surface area contributed by atoms with Crippen LogP contribution >= 0.6 is 0 Å². The fourth-order valence-electron chi connectivity index (χ4n) is 2.74. The number of allylic oxidation sites excluding steroid dienone is 1. The zero-order valence-electron chi connectivity index (χ0n) is 14.0. The summed E-state index contributed by atoms with van der Waals surface area (Å²) in [6.07, 6.45) is 1.70. The van der Waals surface area contributed by atoms with Gasteiger partial charge in [0.05, 0.1) is 26.2 Å². The third-order valence-electron chi connectivity index (χ3n) is 3.88. The summed E-state index contributed by atoms with van der Waals surface area (Å²) < 4.78 is 10.7. The Bertz CT molecular complexity index is 626. The van der Waals surface area contributed by atoms with Crippen LogP contribution in [0, 0.1) is 0 Å². The number of para-hydroxylation sites is 1. The highest BCUT2D eigenvalue weighted by molar-refractivity contribution is 5.88. The number of hydrogen-bond donors (Lipinski definition) is 1. The first-order chi connectivity index (χ1) is 11.5. The van der Waals surface area contributed by atoms with E-state index in [1.807, 2.05) is 31.2 Å². The molecule has 1 aromatic carbocycles. The van der Waals surface area contributed by atoms with Gasteiger partial charge in [0.1, 0.15) is 5.75 Å². The Morgan fingerprint density at radius 2 is 2.17 bits per heavy atom. The van der Waals surface area contributed by atoms with E-state index in [0.29, 0.717) is 26.1 Å². The fourth-order valence-corrected chi connectivity index (χ4v) is 2.74. The number of nitrogens with zero attached hydrogens (tertiary/aromatic N) is 1. The van der Waals surface area contributed by atoms with Gasteiger partial charge in [-0.2, -0.15) is 0 Å². The molecule has 0 spiro atoms. The van der Waals surface area contributed by atoms with Gasteiger partial charge in [0, 0.05) is 19.2 Å². The molecular formula is C18H23NO5. The van der Waals surface area contributed by atoms with E-state index >= 15 is 0 Å². The molecule has 1 unspecified atom stereocenters. The van der Waals surface area contributed by atoms with Gasteiger partial charge in [0.15, 0.2) is 0 Å². The fraction of sp³-hybridized carbons (Fsp3) is 0.444. The zero-order chi connectivity index (χ0) is 17.5. The van der Waals surface area contributed by atoms with Crippen molar-refractivity contribution in [3.63, 3.8) is 0 Å². The second-order valence-electron chi connectivity index (χ2n) is 5.85. The van der Waals surface area contributed by atoms with Crippen molar-refractivity contribution in [1.82, 2.24) is 4.90 Å². The largest absolute Gasteiger partial charge is 0.496 e. The summed E-state index contributed by atoms with van der Waals surface area (Å²) in [5.74, 6) is -0.233. The molecule has 24 heavy (non-hydrogen) atoms. The molecule has 1 aliphatic heterocycles. The molecule has 2 rings (SSSR count).